The van der Waals surface area contributed by atoms with E-state index in [0.717, 1.165) is 11.1 Å². The Morgan fingerprint density at radius 1 is 1.00 bits per heavy atom. The smallest absolute Gasteiger partial charge is 0.235 e. The maximum atomic E-state index is 11.6. The largest absolute Gasteiger partial charge is 0.388 e. The second kappa shape index (κ2) is 7.12. The molecule has 0 aliphatic carbocycles. The Morgan fingerprint density at radius 2 is 1.50 bits per heavy atom. The van der Waals surface area contributed by atoms with Gasteiger partial charge < -0.3 is 10.8 Å². The Labute approximate surface area is 122 Å². The van der Waals surface area contributed by atoms with Crippen LogP contribution < -0.4 is 5.73 Å². The number of carbonyl (C=O) groups is 1. The molecule has 0 aromatic heterocycles. The van der Waals surface area contributed by atoms with Crippen molar-refractivity contribution in [2.45, 2.75) is 11.4 Å². The Hall–Kier alpha value is -1.78. The van der Waals surface area contributed by atoms with E-state index in [4.69, 9.17) is 5.73 Å². The van der Waals surface area contributed by atoms with Crippen LogP contribution in [0, 0.1) is 0 Å². The molecule has 1 amide bonds. The maximum Gasteiger partial charge on any atom is 0.235 e. The summed E-state index contributed by atoms with van der Waals surface area (Å²) < 4.78 is 0. The van der Waals surface area contributed by atoms with Gasteiger partial charge in [0, 0.05) is 5.75 Å². The Kier molecular flexibility index (Phi) is 5.21. The van der Waals surface area contributed by atoms with E-state index >= 15 is 0 Å². The van der Waals surface area contributed by atoms with E-state index in [2.05, 4.69) is 0 Å². The molecule has 2 rings (SSSR count). The van der Waals surface area contributed by atoms with Gasteiger partial charge in [-0.3, -0.25) is 4.79 Å². The van der Waals surface area contributed by atoms with E-state index < -0.39 is 11.4 Å². The van der Waals surface area contributed by atoms with Gasteiger partial charge in [-0.15, -0.1) is 11.8 Å². The highest BCUT2D eigenvalue weighted by atomic mass is 32.2. The number of hydrogen-bond acceptors (Lipinski definition) is 3. The van der Waals surface area contributed by atoms with E-state index in [0.29, 0.717) is 5.75 Å². The van der Waals surface area contributed by atoms with Gasteiger partial charge in [-0.1, -0.05) is 60.7 Å². The standard InChI is InChI=1S/C16H17NO2S/c17-16(19)15(13-9-5-2-6-10-13)20-11-14(18)12-7-3-1-4-8-12/h1-10,14-15,18H,11H2,(H2,17,19)/t14-,15-/m0/s1. The Balaban J connectivity index is 2.02. The maximum absolute atomic E-state index is 11.6. The molecule has 0 saturated heterocycles. The molecular weight excluding hydrogens is 270 g/mol. The van der Waals surface area contributed by atoms with Crippen molar-refractivity contribution in [3.05, 3.63) is 71.8 Å². The monoisotopic (exact) mass is 287 g/mol. The van der Waals surface area contributed by atoms with E-state index in [9.17, 15) is 9.90 Å². The molecule has 0 radical (unpaired) electrons. The van der Waals surface area contributed by atoms with Crippen molar-refractivity contribution in [2.24, 2.45) is 5.73 Å². The lowest BCUT2D eigenvalue weighted by molar-refractivity contribution is -0.117. The van der Waals surface area contributed by atoms with Crippen molar-refractivity contribution < 1.29 is 9.90 Å². The van der Waals surface area contributed by atoms with Crippen LogP contribution in [-0.4, -0.2) is 16.8 Å². The summed E-state index contributed by atoms with van der Waals surface area (Å²) >= 11 is 1.36. The minimum Gasteiger partial charge on any atom is -0.388 e. The Bertz CT molecular complexity index is 545. The zero-order valence-electron chi connectivity index (χ0n) is 11.0. The van der Waals surface area contributed by atoms with Crippen LogP contribution in [0.1, 0.15) is 22.5 Å². The van der Waals surface area contributed by atoms with E-state index in [1.54, 1.807) is 0 Å². The van der Waals surface area contributed by atoms with Gasteiger partial charge in [0.25, 0.3) is 0 Å². The summed E-state index contributed by atoms with van der Waals surface area (Å²) in [5.74, 6) is 0.0356. The number of primary amides is 1. The van der Waals surface area contributed by atoms with Gasteiger partial charge in [0.2, 0.25) is 5.91 Å². The van der Waals surface area contributed by atoms with Gasteiger partial charge in [-0.25, -0.2) is 0 Å². The van der Waals surface area contributed by atoms with Crippen LogP contribution in [0.3, 0.4) is 0 Å². The highest BCUT2D eigenvalue weighted by Crippen LogP contribution is 2.31. The first-order chi connectivity index (χ1) is 9.68. The van der Waals surface area contributed by atoms with Crippen molar-refractivity contribution in [1.29, 1.82) is 0 Å². The van der Waals surface area contributed by atoms with Crippen LogP contribution in [0.5, 0.6) is 0 Å². The summed E-state index contributed by atoms with van der Waals surface area (Å²) in [7, 11) is 0. The van der Waals surface area contributed by atoms with Gasteiger partial charge in [0.1, 0.15) is 5.25 Å². The average Bonchev–Trinajstić information content (AvgIpc) is 2.49. The van der Waals surface area contributed by atoms with Gasteiger partial charge in [0.05, 0.1) is 6.10 Å². The van der Waals surface area contributed by atoms with E-state index in [1.807, 2.05) is 60.7 Å². The molecule has 0 unspecified atom stereocenters. The number of amides is 1. The average molecular weight is 287 g/mol. The Morgan fingerprint density at radius 3 is 2.00 bits per heavy atom. The molecule has 0 heterocycles. The first-order valence-corrected chi connectivity index (χ1v) is 7.42. The molecule has 0 aliphatic rings. The normalized spacial score (nSPS) is 13.7. The lowest BCUT2D eigenvalue weighted by Gasteiger charge is -2.16. The van der Waals surface area contributed by atoms with Crippen molar-refractivity contribution in [1.82, 2.24) is 0 Å². The molecular formula is C16H17NO2S. The number of benzene rings is 2. The molecule has 2 atom stereocenters. The predicted molar refractivity (Wildman–Crippen MR) is 82.2 cm³/mol. The SMILES string of the molecule is NC(=O)[C@@H](SC[C@H](O)c1ccccc1)c1ccccc1. The highest BCUT2D eigenvalue weighted by Gasteiger charge is 2.20. The van der Waals surface area contributed by atoms with Crippen LogP contribution >= 0.6 is 11.8 Å². The van der Waals surface area contributed by atoms with Gasteiger partial charge >= 0.3 is 0 Å². The number of rotatable bonds is 6. The first kappa shape index (κ1) is 14.6. The number of aliphatic hydroxyl groups excluding tert-OH is 1. The van der Waals surface area contributed by atoms with Crippen molar-refractivity contribution in [3.8, 4) is 0 Å². The summed E-state index contributed by atoms with van der Waals surface area (Å²) in [6, 6.07) is 18.8. The molecule has 104 valence electrons. The summed E-state index contributed by atoms with van der Waals surface area (Å²) in [4.78, 5) is 11.6. The third-order valence-corrected chi connectivity index (χ3v) is 4.31. The van der Waals surface area contributed by atoms with E-state index in [1.165, 1.54) is 11.8 Å². The number of thioether (sulfide) groups is 1. The minimum absolute atomic E-state index is 0.388. The lowest BCUT2D eigenvalue weighted by atomic mass is 10.1. The molecule has 20 heavy (non-hydrogen) atoms. The second-order valence-electron chi connectivity index (χ2n) is 4.45. The molecule has 0 fully saturated rings. The van der Waals surface area contributed by atoms with Gasteiger partial charge in [-0.05, 0) is 11.1 Å². The van der Waals surface area contributed by atoms with Crippen LogP contribution in [0.2, 0.25) is 0 Å². The van der Waals surface area contributed by atoms with Crippen LogP contribution in [0.25, 0.3) is 0 Å². The molecule has 4 heteroatoms. The minimum atomic E-state index is -0.605. The zero-order chi connectivity index (χ0) is 14.4. The summed E-state index contributed by atoms with van der Waals surface area (Å²) in [6.07, 6.45) is -0.605. The van der Waals surface area contributed by atoms with Crippen molar-refractivity contribution in [3.63, 3.8) is 0 Å². The van der Waals surface area contributed by atoms with Crippen LogP contribution in [-0.2, 0) is 4.79 Å². The van der Waals surface area contributed by atoms with Crippen LogP contribution in [0.4, 0.5) is 0 Å². The summed E-state index contributed by atoms with van der Waals surface area (Å²) in [6.45, 7) is 0. The molecule has 0 saturated carbocycles. The van der Waals surface area contributed by atoms with E-state index in [-0.39, 0.29) is 5.91 Å². The lowest BCUT2D eigenvalue weighted by Crippen LogP contribution is -2.20. The number of carbonyl (C=O) groups excluding carboxylic acids is 1. The third-order valence-electron chi connectivity index (χ3n) is 2.97. The summed E-state index contributed by atoms with van der Waals surface area (Å²) in [5.41, 5.74) is 7.16. The highest BCUT2D eigenvalue weighted by molar-refractivity contribution is 8.00. The zero-order valence-corrected chi connectivity index (χ0v) is 11.8. The van der Waals surface area contributed by atoms with Gasteiger partial charge in [-0.2, -0.15) is 0 Å². The van der Waals surface area contributed by atoms with Crippen molar-refractivity contribution in [2.75, 3.05) is 5.75 Å². The van der Waals surface area contributed by atoms with Crippen molar-refractivity contribution >= 4 is 17.7 Å². The second-order valence-corrected chi connectivity index (χ2v) is 5.59. The number of nitrogens with two attached hydrogens (primary N) is 1. The molecule has 2 aromatic carbocycles. The van der Waals surface area contributed by atoms with Gasteiger partial charge in [0.15, 0.2) is 0 Å². The first-order valence-electron chi connectivity index (χ1n) is 6.37. The quantitative estimate of drug-likeness (QED) is 0.858. The third kappa shape index (κ3) is 3.85. The fraction of sp³-hybridized carbons (Fsp3) is 0.188. The fourth-order valence-corrected chi connectivity index (χ4v) is 3.01. The topological polar surface area (TPSA) is 63.3 Å². The molecule has 0 spiro atoms. The number of hydrogen-bond donors (Lipinski definition) is 2. The predicted octanol–water partition coefficient (Wildman–Crippen LogP) is 2.68. The molecule has 3 nitrogen and oxygen atoms in total. The fourth-order valence-electron chi connectivity index (χ4n) is 1.93. The summed E-state index contributed by atoms with van der Waals surface area (Å²) in [5, 5.41) is 9.69. The molecule has 0 aliphatic heterocycles. The molecule has 0 bridgehead atoms. The van der Waals surface area contributed by atoms with Crippen LogP contribution in [0.15, 0.2) is 60.7 Å². The molecule has 3 N–H and O–H groups in total. The molecule has 2 aromatic rings. The number of aliphatic hydroxyl groups is 1.